The maximum Gasteiger partial charge on any atom is 0.308 e. The van der Waals surface area contributed by atoms with E-state index in [4.69, 9.17) is 4.74 Å². The topological polar surface area (TPSA) is 43.4 Å². The van der Waals surface area contributed by atoms with Gasteiger partial charge in [-0.15, -0.1) is 0 Å². The zero-order valence-corrected chi connectivity index (χ0v) is 19.2. The Kier molecular flexibility index (Phi) is 5.90. The van der Waals surface area contributed by atoms with E-state index in [-0.39, 0.29) is 11.9 Å². The van der Waals surface area contributed by atoms with Gasteiger partial charge in [-0.1, -0.05) is 33.6 Å². The monoisotopic (exact) mass is 402 g/mol. The van der Waals surface area contributed by atoms with Crippen LogP contribution in [0.1, 0.15) is 97.8 Å². The normalized spacial score (nSPS) is 45.1. The first kappa shape index (κ1) is 21.4. The summed E-state index contributed by atoms with van der Waals surface area (Å²) in [4.78, 5) is 24.8. The third kappa shape index (κ3) is 3.39. The van der Waals surface area contributed by atoms with E-state index in [1.165, 1.54) is 38.5 Å². The van der Waals surface area contributed by atoms with Gasteiger partial charge < -0.3 is 4.74 Å². The number of carbonyl (C=O) groups is 2. The molecular weight excluding hydrogens is 360 g/mol. The number of hydrogen-bond donors (Lipinski definition) is 0. The molecule has 8 atom stereocenters. The molecule has 0 aromatic heterocycles. The van der Waals surface area contributed by atoms with Gasteiger partial charge in [0.05, 0.1) is 13.0 Å². The Balaban J connectivity index is 1.57. The van der Waals surface area contributed by atoms with Gasteiger partial charge in [0, 0.05) is 12.8 Å². The molecule has 0 heterocycles. The Hall–Kier alpha value is -0.860. The SMILES string of the molecule is CCCC[C@@H](C(=O)OC)[C@H]1CC[C@H]2[C@@H]3CC[C@H]4CC(=O)CC[C@]4(C)[C@H]3CC[C@]12C. The van der Waals surface area contributed by atoms with Crippen LogP contribution in [0.2, 0.25) is 0 Å². The van der Waals surface area contributed by atoms with Gasteiger partial charge >= 0.3 is 5.97 Å². The summed E-state index contributed by atoms with van der Waals surface area (Å²) in [5, 5.41) is 0. The third-order valence-electron chi connectivity index (χ3n) is 10.4. The lowest BCUT2D eigenvalue weighted by Crippen LogP contribution is -2.54. The van der Waals surface area contributed by atoms with Crippen molar-refractivity contribution in [3.63, 3.8) is 0 Å². The van der Waals surface area contributed by atoms with Gasteiger partial charge in [0.25, 0.3) is 0 Å². The highest BCUT2D eigenvalue weighted by Gasteiger charge is 2.61. The highest BCUT2D eigenvalue weighted by atomic mass is 16.5. The zero-order valence-electron chi connectivity index (χ0n) is 19.2. The summed E-state index contributed by atoms with van der Waals surface area (Å²) in [5.74, 6) is 4.10. The Bertz CT molecular complexity index is 642. The summed E-state index contributed by atoms with van der Waals surface area (Å²) >= 11 is 0. The average Bonchev–Trinajstić information content (AvgIpc) is 3.06. The molecule has 0 spiro atoms. The molecule has 4 aliphatic rings. The van der Waals surface area contributed by atoms with E-state index >= 15 is 0 Å². The number of unbranched alkanes of at least 4 members (excludes halogenated alkanes) is 1. The number of ketones is 1. The molecule has 0 saturated heterocycles. The molecule has 4 saturated carbocycles. The van der Waals surface area contributed by atoms with Gasteiger partial charge in [0.1, 0.15) is 5.78 Å². The molecule has 0 N–H and O–H groups in total. The van der Waals surface area contributed by atoms with Crippen LogP contribution in [0.15, 0.2) is 0 Å². The molecule has 29 heavy (non-hydrogen) atoms. The summed E-state index contributed by atoms with van der Waals surface area (Å²) in [6.45, 7) is 7.26. The fraction of sp³-hybridized carbons (Fsp3) is 0.923. The van der Waals surface area contributed by atoms with Gasteiger partial charge in [-0.2, -0.15) is 0 Å². The Morgan fingerprint density at radius 3 is 2.55 bits per heavy atom. The maximum absolute atomic E-state index is 12.7. The molecule has 3 heteroatoms. The summed E-state index contributed by atoms with van der Waals surface area (Å²) < 4.78 is 5.28. The Morgan fingerprint density at radius 2 is 1.83 bits per heavy atom. The van der Waals surface area contributed by atoms with Crippen LogP contribution >= 0.6 is 0 Å². The van der Waals surface area contributed by atoms with Crippen LogP contribution in [0.25, 0.3) is 0 Å². The van der Waals surface area contributed by atoms with Gasteiger partial charge in [0.2, 0.25) is 0 Å². The number of esters is 1. The van der Waals surface area contributed by atoms with E-state index in [2.05, 4.69) is 20.8 Å². The van der Waals surface area contributed by atoms with Crippen LogP contribution in [-0.4, -0.2) is 18.9 Å². The predicted molar refractivity (Wildman–Crippen MR) is 115 cm³/mol. The zero-order chi connectivity index (χ0) is 20.8. The Labute approximate surface area is 177 Å². The summed E-state index contributed by atoms with van der Waals surface area (Å²) in [6.07, 6.45) is 13.6. The highest BCUT2D eigenvalue weighted by Crippen LogP contribution is 2.68. The molecule has 4 fully saturated rings. The quantitative estimate of drug-likeness (QED) is 0.515. The molecule has 0 aliphatic heterocycles. The second-order valence-corrected chi connectivity index (χ2v) is 11.4. The lowest BCUT2D eigenvalue weighted by Gasteiger charge is -2.60. The van der Waals surface area contributed by atoms with Gasteiger partial charge in [-0.3, -0.25) is 9.59 Å². The number of hydrogen-bond acceptors (Lipinski definition) is 3. The smallest absolute Gasteiger partial charge is 0.308 e. The largest absolute Gasteiger partial charge is 0.469 e. The molecule has 0 radical (unpaired) electrons. The van der Waals surface area contributed by atoms with Crippen molar-refractivity contribution in [2.75, 3.05) is 7.11 Å². The fourth-order valence-corrected chi connectivity index (χ4v) is 8.81. The lowest BCUT2D eigenvalue weighted by atomic mass is 9.44. The van der Waals surface area contributed by atoms with Gasteiger partial charge in [-0.05, 0) is 91.8 Å². The van der Waals surface area contributed by atoms with E-state index in [9.17, 15) is 9.59 Å². The first-order chi connectivity index (χ1) is 13.8. The second-order valence-electron chi connectivity index (χ2n) is 11.4. The van der Waals surface area contributed by atoms with Crippen LogP contribution in [0.3, 0.4) is 0 Å². The van der Waals surface area contributed by atoms with Crippen LogP contribution in [0.4, 0.5) is 0 Å². The van der Waals surface area contributed by atoms with Crippen molar-refractivity contribution in [3.05, 3.63) is 0 Å². The van der Waals surface area contributed by atoms with E-state index < -0.39 is 0 Å². The number of fused-ring (bicyclic) bond motifs is 5. The number of ether oxygens (including phenoxy) is 1. The molecule has 164 valence electrons. The number of rotatable bonds is 5. The van der Waals surface area contributed by atoms with Gasteiger partial charge in [0.15, 0.2) is 0 Å². The number of methoxy groups -OCH3 is 1. The molecule has 3 nitrogen and oxygen atoms in total. The van der Waals surface area contributed by atoms with Crippen molar-refractivity contribution >= 4 is 11.8 Å². The van der Waals surface area contributed by atoms with Crippen LogP contribution in [0.5, 0.6) is 0 Å². The number of Topliss-reactive ketones (excluding diaryl/α,β-unsaturated/α-hetero) is 1. The van der Waals surface area contributed by atoms with Crippen molar-refractivity contribution < 1.29 is 14.3 Å². The summed E-state index contributed by atoms with van der Waals surface area (Å²) in [5.41, 5.74) is 0.668. The second kappa shape index (κ2) is 8.00. The molecular formula is C26H42O3. The minimum atomic E-state index is 0.0360. The van der Waals surface area contributed by atoms with E-state index in [1.807, 2.05) is 0 Å². The predicted octanol–water partition coefficient (Wildman–Crippen LogP) is 6.19. The van der Waals surface area contributed by atoms with Crippen LogP contribution in [0, 0.1) is 46.3 Å². The lowest BCUT2D eigenvalue weighted by molar-refractivity contribution is -0.154. The standard InChI is InChI=1S/C26H42O3/c1-5-6-7-20(24(28)29-4)22-11-10-21-19-9-8-17-16-18(27)12-14-25(17,2)23(19)13-15-26(21,22)3/h17,19-23H,5-16H2,1-4H3/t17-,19-,20+,21-,22+,23-,25-,26-/m0/s1. The number of carbonyl (C=O) groups excluding carboxylic acids is 2. The van der Waals surface area contributed by atoms with Crippen molar-refractivity contribution in [1.82, 2.24) is 0 Å². The van der Waals surface area contributed by atoms with Crippen molar-refractivity contribution in [3.8, 4) is 0 Å². The average molecular weight is 403 g/mol. The molecule has 0 aromatic carbocycles. The highest BCUT2D eigenvalue weighted by molar-refractivity contribution is 5.79. The molecule has 0 aromatic rings. The summed E-state index contributed by atoms with van der Waals surface area (Å²) in [7, 11) is 1.57. The summed E-state index contributed by atoms with van der Waals surface area (Å²) in [6, 6.07) is 0. The molecule has 0 unspecified atom stereocenters. The Morgan fingerprint density at radius 1 is 1.07 bits per heavy atom. The first-order valence-corrected chi connectivity index (χ1v) is 12.4. The van der Waals surface area contributed by atoms with Crippen LogP contribution in [-0.2, 0) is 14.3 Å². The first-order valence-electron chi connectivity index (χ1n) is 12.4. The molecule has 4 rings (SSSR count). The molecule has 0 amide bonds. The van der Waals surface area contributed by atoms with E-state index in [0.717, 1.165) is 56.3 Å². The minimum Gasteiger partial charge on any atom is -0.469 e. The molecule has 0 bridgehead atoms. The van der Waals surface area contributed by atoms with Crippen LogP contribution < -0.4 is 0 Å². The minimum absolute atomic E-state index is 0.0360. The van der Waals surface area contributed by atoms with E-state index in [0.29, 0.717) is 28.4 Å². The van der Waals surface area contributed by atoms with Crippen molar-refractivity contribution in [1.29, 1.82) is 0 Å². The van der Waals surface area contributed by atoms with Crippen molar-refractivity contribution in [2.45, 2.75) is 97.8 Å². The van der Waals surface area contributed by atoms with E-state index in [1.54, 1.807) is 7.11 Å². The molecule has 4 aliphatic carbocycles. The fourth-order valence-electron chi connectivity index (χ4n) is 8.81. The third-order valence-corrected chi connectivity index (χ3v) is 10.4. The van der Waals surface area contributed by atoms with Crippen molar-refractivity contribution in [2.24, 2.45) is 46.3 Å². The van der Waals surface area contributed by atoms with Gasteiger partial charge in [-0.25, -0.2) is 0 Å². The maximum atomic E-state index is 12.7.